The average molecular weight is 320 g/mol. The van der Waals surface area contributed by atoms with Crippen molar-refractivity contribution in [3.05, 3.63) is 64.1 Å². The number of hydrogen-bond acceptors (Lipinski definition) is 2. The zero-order chi connectivity index (χ0) is 13.8. The number of nitrogens with zero attached hydrogens (tertiary/aromatic N) is 1. The second kappa shape index (κ2) is 5.89. The number of benzene rings is 2. The third kappa shape index (κ3) is 3.58. The minimum absolute atomic E-state index is 0.315. The lowest BCUT2D eigenvalue weighted by molar-refractivity contribution is 0.0697. The summed E-state index contributed by atoms with van der Waals surface area (Å²) in [5, 5.41) is 8.85. The molecule has 0 atom stereocenters. The first-order valence-electron chi connectivity index (χ1n) is 5.85. The van der Waals surface area contributed by atoms with Gasteiger partial charge >= 0.3 is 5.97 Å². The lowest BCUT2D eigenvalue weighted by Gasteiger charge is -2.19. The maximum Gasteiger partial charge on any atom is 0.335 e. The summed E-state index contributed by atoms with van der Waals surface area (Å²) in [6.07, 6.45) is 0. The van der Waals surface area contributed by atoms with Crippen LogP contribution in [0, 0.1) is 0 Å². The SMILES string of the molecule is CN(Cc1ccc(C(=O)O)cc1)c1ccc(Br)cc1. The molecule has 0 saturated heterocycles. The van der Waals surface area contributed by atoms with Crippen LogP contribution in [0.2, 0.25) is 0 Å². The molecule has 0 spiro atoms. The largest absolute Gasteiger partial charge is 0.478 e. The van der Waals surface area contributed by atoms with E-state index in [0.29, 0.717) is 5.56 Å². The topological polar surface area (TPSA) is 40.5 Å². The Morgan fingerprint density at radius 3 is 2.21 bits per heavy atom. The van der Waals surface area contributed by atoms with E-state index in [0.717, 1.165) is 22.3 Å². The number of carbonyl (C=O) groups is 1. The molecule has 0 radical (unpaired) electrons. The van der Waals surface area contributed by atoms with E-state index in [1.165, 1.54) is 0 Å². The van der Waals surface area contributed by atoms with Crippen LogP contribution >= 0.6 is 15.9 Å². The summed E-state index contributed by atoms with van der Waals surface area (Å²) in [4.78, 5) is 12.9. The Hall–Kier alpha value is -1.81. The maximum atomic E-state index is 10.8. The molecule has 0 aliphatic carbocycles. The lowest BCUT2D eigenvalue weighted by Crippen LogP contribution is -2.16. The van der Waals surface area contributed by atoms with Gasteiger partial charge in [0.1, 0.15) is 0 Å². The Balaban J connectivity index is 2.08. The summed E-state index contributed by atoms with van der Waals surface area (Å²) in [5.41, 5.74) is 2.51. The van der Waals surface area contributed by atoms with Gasteiger partial charge in [0, 0.05) is 23.8 Å². The van der Waals surface area contributed by atoms with Crippen LogP contribution in [0.3, 0.4) is 0 Å². The molecule has 2 aromatic rings. The molecule has 0 saturated carbocycles. The van der Waals surface area contributed by atoms with Crippen molar-refractivity contribution in [1.82, 2.24) is 0 Å². The van der Waals surface area contributed by atoms with Crippen LogP contribution in [0.5, 0.6) is 0 Å². The van der Waals surface area contributed by atoms with Crippen LogP contribution in [0.25, 0.3) is 0 Å². The normalized spacial score (nSPS) is 10.2. The number of anilines is 1. The Bertz CT molecular complexity index is 564. The predicted octanol–water partition coefficient (Wildman–Crippen LogP) is 3.78. The third-order valence-electron chi connectivity index (χ3n) is 2.89. The fourth-order valence-corrected chi connectivity index (χ4v) is 2.08. The Kier molecular flexibility index (Phi) is 4.22. The van der Waals surface area contributed by atoms with E-state index in [4.69, 9.17) is 5.11 Å². The van der Waals surface area contributed by atoms with Gasteiger partial charge in [0.15, 0.2) is 0 Å². The standard InChI is InChI=1S/C15H14BrNO2/c1-17(14-8-6-13(16)7-9-14)10-11-2-4-12(5-3-11)15(18)19/h2-9H,10H2,1H3,(H,18,19). The van der Waals surface area contributed by atoms with Crippen molar-refractivity contribution < 1.29 is 9.90 Å². The number of aromatic carboxylic acids is 1. The zero-order valence-corrected chi connectivity index (χ0v) is 12.1. The van der Waals surface area contributed by atoms with Gasteiger partial charge in [-0.2, -0.15) is 0 Å². The second-order valence-electron chi connectivity index (χ2n) is 4.33. The molecule has 0 aromatic heterocycles. The Labute approximate surface area is 120 Å². The quantitative estimate of drug-likeness (QED) is 0.932. The van der Waals surface area contributed by atoms with Crippen LogP contribution in [-0.4, -0.2) is 18.1 Å². The van der Waals surface area contributed by atoms with Gasteiger partial charge in [-0.05, 0) is 42.0 Å². The van der Waals surface area contributed by atoms with Crippen LogP contribution in [0.15, 0.2) is 53.0 Å². The van der Waals surface area contributed by atoms with Crippen LogP contribution < -0.4 is 4.90 Å². The molecule has 4 heteroatoms. The van der Waals surface area contributed by atoms with Gasteiger partial charge in [0.25, 0.3) is 0 Å². The van der Waals surface area contributed by atoms with E-state index in [9.17, 15) is 4.79 Å². The molecule has 0 bridgehead atoms. The number of carboxylic acids is 1. The fourth-order valence-electron chi connectivity index (χ4n) is 1.81. The zero-order valence-electron chi connectivity index (χ0n) is 10.5. The average Bonchev–Trinajstić information content (AvgIpc) is 2.40. The Morgan fingerprint density at radius 1 is 1.11 bits per heavy atom. The van der Waals surface area contributed by atoms with Crippen molar-refractivity contribution >= 4 is 27.6 Å². The highest BCUT2D eigenvalue weighted by atomic mass is 79.9. The summed E-state index contributed by atoms with van der Waals surface area (Å²) in [7, 11) is 2.01. The molecule has 0 fully saturated rings. The predicted molar refractivity (Wildman–Crippen MR) is 79.7 cm³/mol. The second-order valence-corrected chi connectivity index (χ2v) is 5.25. The van der Waals surface area contributed by atoms with E-state index in [1.807, 2.05) is 43.4 Å². The molecule has 0 amide bonds. The van der Waals surface area contributed by atoms with Gasteiger partial charge < -0.3 is 10.0 Å². The highest BCUT2D eigenvalue weighted by molar-refractivity contribution is 9.10. The first-order valence-corrected chi connectivity index (χ1v) is 6.64. The van der Waals surface area contributed by atoms with Gasteiger partial charge in [-0.25, -0.2) is 4.79 Å². The van der Waals surface area contributed by atoms with E-state index >= 15 is 0 Å². The molecule has 0 aliphatic rings. The summed E-state index contributed by atoms with van der Waals surface area (Å²) < 4.78 is 1.05. The fraction of sp³-hybridized carbons (Fsp3) is 0.133. The number of hydrogen-bond donors (Lipinski definition) is 1. The number of halogens is 1. The molecule has 98 valence electrons. The van der Waals surface area contributed by atoms with Gasteiger partial charge in [0.05, 0.1) is 5.56 Å². The lowest BCUT2D eigenvalue weighted by atomic mass is 10.1. The van der Waals surface area contributed by atoms with Crippen molar-refractivity contribution in [1.29, 1.82) is 0 Å². The van der Waals surface area contributed by atoms with Crippen LogP contribution in [-0.2, 0) is 6.54 Å². The smallest absolute Gasteiger partial charge is 0.335 e. The van der Waals surface area contributed by atoms with Gasteiger partial charge in [-0.3, -0.25) is 0 Å². The van der Waals surface area contributed by atoms with Gasteiger partial charge in [0.2, 0.25) is 0 Å². The minimum atomic E-state index is -0.896. The number of rotatable bonds is 4. The van der Waals surface area contributed by atoms with E-state index in [2.05, 4.69) is 20.8 Å². The molecular formula is C15H14BrNO2. The molecule has 1 N–H and O–H groups in total. The molecule has 0 unspecified atom stereocenters. The van der Waals surface area contributed by atoms with Crippen LogP contribution in [0.1, 0.15) is 15.9 Å². The molecule has 19 heavy (non-hydrogen) atoms. The highest BCUT2D eigenvalue weighted by Crippen LogP contribution is 2.19. The van der Waals surface area contributed by atoms with Crippen molar-refractivity contribution in [2.75, 3.05) is 11.9 Å². The maximum absolute atomic E-state index is 10.8. The minimum Gasteiger partial charge on any atom is -0.478 e. The summed E-state index contributed by atoms with van der Waals surface area (Å²) in [6.45, 7) is 0.738. The molecule has 0 aliphatic heterocycles. The Morgan fingerprint density at radius 2 is 1.68 bits per heavy atom. The monoisotopic (exact) mass is 319 g/mol. The van der Waals surface area contributed by atoms with Crippen molar-refractivity contribution in [2.24, 2.45) is 0 Å². The van der Waals surface area contributed by atoms with Crippen LogP contribution in [0.4, 0.5) is 5.69 Å². The molecule has 3 nitrogen and oxygen atoms in total. The third-order valence-corrected chi connectivity index (χ3v) is 3.42. The van der Waals surface area contributed by atoms with Crippen molar-refractivity contribution in [3.8, 4) is 0 Å². The summed E-state index contributed by atoms with van der Waals surface area (Å²) >= 11 is 3.41. The first-order chi connectivity index (χ1) is 9.06. The number of carboxylic acid groups (broad SMARTS) is 1. The summed E-state index contributed by atoms with van der Waals surface area (Å²) in [5.74, 6) is -0.896. The molecule has 2 rings (SSSR count). The van der Waals surface area contributed by atoms with Gasteiger partial charge in [-0.1, -0.05) is 28.1 Å². The summed E-state index contributed by atoms with van der Waals surface area (Å²) in [6, 6.07) is 15.0. The molecule has 2 aromatic carbocycles. The van der Waals surface area contributed by atoms with E-state index in [-0.39, 0.29) is 0 Å². The highest BCUT2D eigenvalue weighted by Gasteiger charge is 2.04. The van der Waals surface area contributed by atoms with E-state index < -0.39 is 5.97 Å². The van der Waals surface area contributed by atoms with Gasteiger partial charge in [-0.15, -0.1) is 0 Å². The van der Waals surface area contributed by atoms with Crippen molar-refractivity contribution in [2.45, 2.75) is 6.54 Å². The molecular weight excluding hydrogens is 306 g/mol. The van der Waals surface area contributed by atoms with E-state index in [1.54, 1.807) is 12.1 Å². The molecule has 0 heterocycles. The first kappa shape index (κ1) is 13.6. The van der Waals surface area contributed by atoms with Crippen molar-refractivity contribution in [3.63, 3.8) is 0 Å².